The second kappa shape index (κ2) is 5.41. The van der Waals surface area contributed by atoms with Crippen LogP contribution in [0.4, 0.5) is 0 Å². The van der Waals surface area contributed by atoms with Gasteiger partial charge >= 0.3 is 0 Å². The molecule has 0 aromatic heterocycles. The van der Waals surface area contributed by atoms with Gasteiger partial charge in [-0.25, -0.2) is 0 Å². The zero-order chi connectivity index (χ0) is 12.4. The zero-order valence-corrected chi connectivity index (χ0v) is 11.4. The molecule has 0 saturated carbocycles. The van der Waals surface area contributed by atoms with Gasteiger partial charge in [-0.05, 0) is 51.4 Å². The minimum Gasteiger partial charge on any atom is -0.299 e. The van der Waals surface area contributed by atoms with E-state index in [1.165, 1.54) is 56.6 Å². The molecule has 2 heterocycles. The average molecular weight is 244 g/mol. The third-order valence-corrected chi connectivity index (χ3v) is 4.41. The van der Waals surface area contributed by atoms with E-state index in [2.05, 4.69) is 41.0 Å². The molecule has 18 heavy (non-hydrogen) atoms. The number of hydrogen-bond donors (Lipinski definition) is 0. The first-order chi connectivity index (χ1) is 8.81. The van der Waals surface area contributed by atoms with Crippen molar-refractivity contribution < 1.29 is 0 Å². The smallest absolute Gasteiger partial charge is 0.0234 e. The summed E-state index contributed by atoms with van der Waals surface area (Å²) in [5.41, 5.74) is 2.82. The second-order valence-corrected chi connectivity index (χ2v) is 5.91. The van der Waals surface area contributed by atoms with E-state index in [9.17, 15) is 0 Å². The summed E-state index contributed by atoms with van der Waals surface area (Å²) in [4.78, 5) is 5.36. The van der Waals surface area contributed by atoms with Crippen molar-refractivity contribution in [1.82, 2.24) is 9.80 Å². The molecule has 2 aliphatic rings. The van der Waals surface area contributed by atoms with Gasteiger partial charge in [-0.1, -0.05) is 29.8 Å². The molecule has 0 aliphatic carbocycles. The molecule has 0 N–H and O–H groups in total. The number of fused-ring (bicyclic) bond motifs is 1. The SMILES string of the molecule is Cc1ccc(CN2CCCN3CCCC3C2)cc1. The van der Waals surface area contributed by atoms with Crippen molar-refractivity contribution in [3.05, 3.63) is 35.4 Å². The molecule has 2 nitrogen and oxygen atoms in total. The normalized spacial score (nSPS) is 25.9. The van der Waals surface area contributed by atoms with Crippen LogP contribution in [-0.4, -0.2) is 42.0 Å². The van der Waals surface area contributed by atoms with Gasteiger partial charge in [0, 0.05) is 19.1 Å². The van der Waals surface area contributed by atoms with Gasteiger partial charge in [0.15, 0.2) is 0 Å². The lowest BCUT2D eigenvalue weighted by Crippen LogP contribution is -2.36. The molecule has 1 atom stereocenters. The number of nitrogens with zero attached hydrogens (tertiary/aromatic N) is 2. The van der Waals surface area contributed by atoms with Crippen molar-refractivity contribution in [3.8, 4) is 0 Å². The summed E-state index contributed by atoms with van der Waals surface area (Å²) in [6.07, 6.45) is 4.15. The molecule has 3 rings (SSSR count). The van der Waals surface area contributed by atoms with Crippen LogP contribution in [-0.2, 0) is 6.54 Å². The molecule has 0 spiro atoms. The Morgan fingerprint density at radius 3 is 2.67 bits per heavy atom. The van der Waals surface area contributed by atoms with E-state index >= 15 is 0 Å². The lowest BCUT2D eigenvalue weighted by Gasteiger charge is -2.25. The van der Waals surface area contributed by atoms with E-state index in [4.69, 9.17) is 0 Å². The Morgan fingerprint density at radius 2 is 1.83 bits per heavy atom. The maximum atomic E-state index is 2.70. The lowest BCUT2D eigenvalue weighted by molar-refractivity contribution is 0.215. The van der Waals surface area contributed by atoms with E-state index < -0.39 is 0 Å². The van der Waals surface area contributed by atoms with Crippen molar-refractivity contribution in [3.63, 3.8) is 0 Å². The molecule has 2 aliphatic heterocycles. The summed E-state index contributed by atoms with van der Waals surface area (Å²) < 4.78 is 0. The average Bonchev–Trinajstić information content (AvgIpc) is 2.71. The van der Waals surface area contributed by atoms with Gasteiger partial charge in [0.05, 0.1) is 0 Å². The Hall–Kier alpha value is -0.860. The molecule has 98 valence electrons. The van der Waals surface area contributed by atoms with Crippen molar-refractivity contribution in [1.29, 1.82) is 0 Å². The second-order valence-electron chi connectivity index (χ2n) is 5.91. The van der Waals surface area contributed by atoms with Crippen LogP contribution in [0.2, 0.25) is 0 Å². The number of rotatable bonds is 2. The Bertz CT molecular complexity index is 385. The third-order valence-electron chi connectivity index (χ3n) is 4.41. The van der Waals surface area contributed by atoms with Crippen LogP contribution in [0.1, 0.15) is 30.4 Å². The number of aryl methyl sites for hydroxylation is 1. The van der Waals surface area contributed by atoms with Gasteiger partial charge in [-0.15, -0.1) is 0 Å². The van der Waals surface area contributed by atoms with Crippen LogP contribution in [0.5, 0.6) is 0 Å². The van der Waals surface area contributed by atoms with E-state index in [1.807, 2.05) is 0 Å². The van der Waals surface area contributed by atoms with Crippen LogP contribution >= 0.6 is 0 Å². The van der Waals surface area contributed by atoms with E-state index in [0.717, 1.165) is 12.6 Å². The minimum atomic E-state index is 0.831. The molecule has 2 heteroatoms. The highest BCUT2D eigenvalue weighted by atomic mass is 15.3. The summed E-state index contributed by atoms with van der Waals surface area (Å²) in [5, 5.41) is 0. The predicted molar refractivity (Wildman–Crippen MR) is 75.7 cm³/mol. The van der Waals surface area contributed by atoms with Crippen molar-refractivity contribution in [2.75, 3.05) is 26.2 Å². The largest absolute Gasteiger partial charge is 0.299 e. The molecule has 0 bridgehead atoms. The van der Waals surface area contributed by atoms with Crippen molar-refractivity contribution in [2.45, 2.75) is 38.8 Å². The summed E-state index contributed by atoms with van der Waals surface area (Å²) in [6, 6.07) is 9.86. The summed E-state index contributed by atoms with van der Waals surface area (Å²) in [5.74, 6) is 0. The highest BCUT2D eigenvalue weighted by molar-refractivity contribution is 5.21. The van der Waals surface area contributed by atoms with Crippen LogP contribution in [0.3, 0.4) is 0 Å². The molecule has 1 aromatic carbocycles. The zero-order valence-electron chi connectivity index (χ0n) is 11.4. The van der Waals surface area contributed by atoms with Crippen LogP contribution in [0, 0.1) is 6.92 Å². The van der Waals surface area contributed by atoms with Gasteiger partial charge < -0.3 is 0 Å². The quantitative estimate of drug-likeness (QED) is 0.789. The summed E-state index contributed by atoms with van der Waals surface area (Å²) >= 11 is 0. The van der Waals surface area contributed by atoms with Crippen LogP contribution in [0.25, 0.3) is 0 Å². The number of benzene rings is 1. The van der Waals surface area contributed by atoms with Gasteiger partial charge in [0.25, 0.3) is 0 Å². The first kappa shape index (κ1) is 12.2. The highest BCUT2D eigenvalue weighted by Crippen LogP contribution is 2.22. The lowest BCUT2D eigenvalue weighted by atomic mass is 10.1. The van der Waals surface area contributed by atoms with E-state index in [1.54, 1.807) is 0 Å². The highest BCUT2D eigenvalue weighted by Gasteiger charge is 2.28. The molecular formula is C16H24N2. The molecule has 0 radical (unpaired) electrons. The predicted octanol–water partition coefficient (Wildman–Crippen LogP) is 2.67. The topological polar surface area (TPSA) is 6.48 Å². The summed E-state index contributed by atoms with van der Waals surface area (Å²) in [6.45, 7) is 8.48. The Morgan fingerprint density at radius 1 is 1.06 bits per heavy atom. The van der Waals surface area contributed by atoms with Crippen molar-refractivity contribution in [2.24, 2.45) is 0 Å². The number of hydrogen-bond acceptors (Lipinski definition) is 2. The fourth-order valence-corrected chi connectivity index (χ4v) is 3.38. The van der Waals surface area contributed by atoms with Gasteiger partial charge in [0.1, 0.15) is 0 Å². The Balaban J connectivity index is 1.63. The van der Waals surface area contributed by atoms with Crippen LogP contribution in [0.15, 0.2) is 24.3 Å². The van der Waals surface area contributed by atoms with E-state index in [-0.39, 0.29) is 0 Å². The van der Waals surface area contributed by atoms with Crippen molar-refractivity contribution >= 4 is 0 Å². The van der Waals surface area contributed by atoms with Gasteiger partial charge in [0.2, 0.25) is 0 Å². The minimum absolute atomic E-state index is 0.831. The monoisotopic (exact) mass is 244 g/mol. The molecule has 1 unspecified atom stereocenters. The Labute approximate surface area is 111 Å². The standard InChI is InChI=1S/C16H24N2/c1-14-5-7-15(8-6-14)12-17-9-3-11-18-10-2-4-16(18)13-17/h5-8,16H,2-4,9-13H2,1H3. The first-order valence-corrected chi connectivity index (χ1v) is 7.33. The maximum Gasteiger partial charge on any atom is 0.0234 e. The fourth-order valence-electron chi connectivity index (χ4n) is 3.38. The molecule has 2 saturated heterocycles. The van der Waals surface area contributed by atoms with Crippen LogP contribution < -0.4 is 0 Å². The molecule has 0 amide bonds. The van der Waals surface area contributed by atoms with Gasteiger partial charge in [-0.3, -0.25) is 9.80 Å². The Kier molecular flexibility index (Phi) is 3.67. The molecule has 2 fully saturated rings. The third kappa shape index (κ3) is 2.76. The van der Waals surface area contributed by atoms with E-state index in [0.29, 0.717) is 0 Å². The summed E-state index contributed by atoms with van der Waals surface area (Å²) in [7, 11) is 0. The fraction of sp³-hybridized carbons (Fsp3) is 0.625. The van der Waals surface area contributed by atoms with Gasteiger partial charge in [-0.2, -0.15) is 0 Å². The molecular weight excluding hydrogens is 220 g/mol. The molecule has 1 aromatic rings. The first-order valence-electron chi connectivity index (χ1n) is 7.33. The maximum absolute atomic E-state index is 2.70.